The van der Waals surface area contributed by atoms with Gasteiger partial charge < -0.3 is 5.73 Å². The number of thiophene rings is 1. The summed E-state index contributed by atoms with van der Waals surface area (Å²) >= 11 is 1.40. The van der Waals surface area contributed by atoms with E-state index >= 15 is 0 Å². The van der Waals surface area contributed by atoms with Crippen molar-refractivity contribution in [3.63, 3.8) is 0 Å². The number of hydrogen-bond donors (Lipinski definition) is 2. The van der Waals surface area contributed by atoms with Crippen molar-refractivity contribution in [3.8, 4) is 0 Å². The highest BCUT2D eigenvalue weighted by molar-refractivity contribution is 7.89. The zero-order chi connectivity index (χ0) is 13.2. The van der Waals surface area contributed by atoms with E-state index in [1.165, 1.54) is 17.8 Å². The standard InChI is InChI=1S/C11H19N3O2S2/c1-9-8-17-10(7-12)11(9)18(15,16)13-14-5-3-2-4-6-14/h8,13H,2-7,12H2,1H3. The zero-order valence-corrected chi connectivity index (χ0v) is 12.1. The lowest BCUT2D eigenvalue weighted by molar-refractivity contribution is 0.200. The summed E-state index contributed by atoms with van der Waals surface area (Å²) in [6.45, 7) is 3.62. The Bertz CT molecular complexity index is 504. The fraction of sp³-hybridized carbons (Fsp3) is 0.636. The number of rotatable bonds is 4. The number of aryl methyl sites for hydroxylation is 1. The molecule has 1 aliphatic rings. The van der Waals surface area contributed by atoms with Gasteiger partial charge in [0.15, 0.2) is 0 Å². The van der Waals surface area contributed by atoms with Crippen LogP contribution in [0, 0.1) is 6.92 Å². The van der Waals surface area contributed by atoms with Crippen LogP contribution in [0.3, 0.4) is 0 Å². The van der Waals surface area contributed by atoms with Gasteiger partial charge in [0.1, 0.15) is 4.90 Å². The Morgan fingerprint density at radius 3 is 2.67 bits per heavy atom. The summed E-state index contributed by atoms with van der Waals surface area (Å²) < 4.78 is 24.7. The van der Waals surface area contributed by atoms with E-state index in [1.807, 2.05) is 5.38 Å². The van der Waals surface area contributed by atoms with Crippen molar-refractivity contribution in [2.45, 2.75) is 37.6 Å². The molecular formula is C11H19N3O2S2. The smallest absolute Gasteiger partial charge is 0.254 e. The van der Waals surface area contributed by atoms with E-state index in [2.05, 4.69) is 4.83 Å². The molecule has 3 N–H and O–H groups in total. The van der Waals surface area contributed by atoms with Crippen molar-refractivity contribution in [3.05, 3.63) is 15.8 Å². The zero-order valence-electron chi connectivity index (χ0n) is 10.5. The van der Waals surface area contributed by atoms with Gasteiger partial charge in [-0.3, -0.25) is 0 Å². The molecule has 1 aromatic heterocycles. The summed E-state index contributed by atoms with van der Waals surface area (Å²) in [5.74, 6) is 0. The van der Waals surface area contributed by atoms with Crippen LogP contribution in [0.5, 0.6) is 0 Å². The van der Waals surface area contributed by atoms with Crippen LogP contribution in [0.1, 0.15) is 29.7 Å². The van der Waals surface area contributed by atoms with Crippen molar-refractivity contribution in [1.29, 1.82) is 0 Å². The van der Waals surface area contributed by atoms with Crippen LogP contribution in [0.15, 0.2) is 10.3 Å². The average Bonchev–Trinajstić information content (AvgIpc) is 2.72. The van der Waals surface area contributed by atoms with Crippen LogP contribution in [0.2, 0.25) is 0 Å². The molecule has 1 fully saturated rings. The number of nitrogens with zero attached hydrogens (tertiary/aromatic N) is 1. The second-order valence-electron chi connectivity index (χ2n) is 4.52. The van der Waals surface area contributed by atoms with Crippen LogP contribution in [-0.4, -0.2) is 26.5 Å². The van der Waals surface area contributed by atoms with Gasteiger partial charge in [-0.25, -0.2) is 13.4 Å². The summed E-state index contributed by atoms with van der Waals surface area (Å²) in [7, 11) is -3.48. The molecule has 0 aromatic carbocycles. The largest absolute Gasteiger partial charge is 0.326 e. The first-order valence-corrected chi connectivity index (χ1v) is 8.45. The minimum Gasteiger partial charge on any atom is -0.326 e. The molecule has 0 saturated carbocycles. The molecule has 0 unspecified atom stereocenters. The van der Waals surface area contributed by atoms with Gasteiger partial charge in [-0.2, -0.15) is 0 Å². The predicted molar refractivity (Wildman–Crippen MR) is 72.7 cm³/mol. The van der Waals surface area contributed by atoms with Crippen molar-refractivity contribution < 1.29 is 8.42 Å². The van der Waals surface area contributed by atoms with Gasteiger partial charge in [0.05, 0.1) is 0 Å². The van der Waals surface area contributed by atoms with Gasteiger partial charge in [-0.15, -0.1) is 16.2 Å². The number of piperidine rings is 1. The van der Waals surface area contributed by atoms with Gasteiger partial charge in [0.2, 0.25) is 0 Å². The maximum absolute atomic E-state index is 12.4. The van der Waals surface area contributed by atoms with Crippen LogP contribution in [0.4, 0.5) is 0 Å². The third kappa shape index (κ3) is 2.92. The second-order valence-corrected chi connectivity index (χ2v) is 7.08. The van der Waals surface area contributed by atoms with Gasteiger partial charge in [-0.1, -0.05) is 6.42 Å². The molecule has 5 nitrogen and oxygen atoms in total. The highest BCUT2D eigenvalue weighted by Crippen LogP contribution is 2.26. The van der Waals surface area contributed by atoms with Crippen molar-refractivity contribution >= 4 is 21.4 Å². The first-order chi connectivity index (χ1) is 8.54. The number of sulfonamides is 1. The predicted octanol–water partition coefficient (Wildman–Crippen LogP) is 1.19. The lowest BCUT2D eigenvalue weighted by Crippen LogP contribution is -2.45. The molecule has 2 rings (SSSR count). The maximum Gasteiger partial charge on any atom is 0.254 e. The average molecular weight is 289 g/mol. The summed E-state index contributed by atoms with van der Waals surface area (Å²) in [4.78, 5) is 3.75. The summed E-state index contributed by atoms with van der Waals surface area (Å²) in [5.41, 5.74) is 6.37. The van der Waals surface area contributed by atoms with Crippen LogP contribution in [0.25, 0.3) is 0 Å². The Kier molecular flexibility index (Phi) is 4.39. The van der Waals surface area contributed by atoms with Crippen LogP contribution < -0.4 is 10.6 Å². The molecule has 1 aliphatic heterocycles. The molecule has 0 bridgehead atoms. The highest BCUT2D eigenvalue weighted by Gasteiger charge is 2.25. The quantitative estimate of drug-likeness (QED) is 0.873. The summed E-state index contributed by atoms with van der Waals surface area (Å²) in [5, 5.41) is 3.63. The molecule has 102 valence electrons. The Balaban J connectivity index is 2.21. The van der Waals surface area contributed by atoms with Crippen LogP contribution in [-0.2, 0) is 16.6 Å². The number of nitrogens with one attached hydrogen (secondary N) is 1. The third-order valence-electron chi connectivity index (χ3n) is 3.05. The Hall–Kier alpha value is -0.470. The number of hydrogen-bond acceptors (Lipinski definition) is 5. The SMILES string of the molecule is Cc1csc(CN)c1S(=O)(=O)NN1CCCCC1. The molecular weight excluding hydrogens is 270 g/mol. The lowest BCUT2D eigenvalue weighted by atomic mass is 10.2. The number of hydrazine groups is 1. The van der Waals surface area contributed by atoms with Crippen LogP contribution >= 0.6 is 11.3 Å². The molecule has 1 saturated heterocycles. The van der Waals surface area contributed by atoms with Gasteiger partial charge in [0.25, 0.3) is 10.0 Å². The normalized spacial score (nSPS) is 18.1. The summed E-state index contributed by atoms with van der Waals surface area (Å²) in [6.07, 6.45) is 3.24. The second kappa shape index (κ2) is 5.66. The fourth-order valence-electron chi connectivity index (χ4n) is 2.19. The minimum atomic E-state index is -3.48. The number of nitrogens with two attached hydrogens (primary N) is 1. The first kappa shape index (κ1) is 14.0. The van der Waals surface area contributed by atoms with E-state index in [0.717, 1.165) is 36.4 Å². The molecule has 0 amide bonds. The molecule has 0 atom stereocenters. The Labute approximate surface area is 112 Å². The maximum atomic E-state index is 12.4. The van der Waals surface area contributed by atoms with E-state index < -0.39 is 10.0 Å². The van der Waals surface area contributed by atoms with Gasteiger partial charge in [-0.05, 0) is 30.7 Å². The highest BCUT2D eigenvalue weighted by atomic mass is 32.2. The Morgan fingerprint density at radius 1 is 1.39 bits per heavy atom. The third-order valence-corrected chi connectivity index (χ3v) is 5.91. The van der Waals surface area contributed by atoms with Crippen molar-refractivity contribution in [2.24, 2.45) is 5.73 Å². The molecule has 0 spiro atoms. The molecule has 0 aliphatic carbocycles. The molecule has 18 heavy (non-hydrogen) atoms. The fourth-order valence-corrected chi connectivity index (χ4v) is 5.02. The Morgan fingerprint density at radius 2 is 2.06 bits per heavy atom. The monoisotopic (exact) mass is 289 g/mol. The van der Waals surface area contributed by atoms with Gasteiger partial charge >= 0.3 is 0 Å². The summed E-state index contributed by atoms with van der Waals surface area (Å²) in [6, 6.07) is 0. The molecule has 7 heteroatoms. The van der Waals surface area contributed by atoms with E-state index in [-0.39, 0.29) is 6.54 Å². The first-order valence-electron chi connectivity index (χ1n) is 6.09. The van der Waals surface area contributed by atoms with E-state index in [1.54, 1.807) is 11.9 Å². The van der Waals surface area contributed by atoms with Crippen molar-refractivity contribution in [2.75, 3.05) is 13.1 Å². The lowest BCUT2D eigenvalue weighted by Gasteiger charge is -2.26. The molecule has 0 radical (unpaired) electrons. The van der Waals surface area contributed by atoms with Gasteiger partial charge in [0, 0.05) is 24.5 Å². The topological polar surface area (TPSA) is 75.4 Å². The molecule has 1 aromatic rings. The van der Waals surface area contributed by atoms with E-state index in [4.69, 9.17) is 5.73 Å². The van der Waals surface area contributed by atoms with Crippen molar-refractivity contribution in [1.82, 2.24) is 9.84 Å². The van der Waals surface area contributed by atoms with E-state index in [0.29, 0.717) is 4.90 Å². The van der Waals surface area contributed by atoms with E-state index in [9.17, 15) is 8.42 Å². The molecule has 2 heterocycles. The minimum absolute atomic E-state index is 0.259.